The Morgan fingerprint density at radius 2 is 1.89 bits per heavy atom. The van der Waals surface area contributed by atoms with Gasteiger partial charge in [-0.05, 0) is 31.9 Å². The predicted octanol–water partition coefficient (Wildman–Crippen LogP) is 3.14. The summed E-state index contributed by atoms with van der Waals surface area (Å²) in [6.07, 6.45) is 3.98. The van der Waals surface area contributed by atoms with Crippen LogP contribution in [0.25, 0.3) is 0 Å². The second-order valence-corrected chi connectivity index (χ2v) is 4.91. The van der Waals surface area contributed by atoms with Gasteiger partial charge < -0.3 is 5.32 Å². The van der Waals surface area contributed by atoms with Gasteiger partial charge in [-0.25, -0.2) is 0 Å². The van der Waals surface area contributed by atoms with E-state index in [0.717, 1.165) is 0 Å². The molecule has 18 heavy (non-hydrogen) atoms. The molecule has 0 saturated carbocycles. The van der Waals surface area contributed by atoms with Crippen molar-refractivity contribution >= 4 is 0 Å². The first-order valence-corrected chi connectivity index (χ1v) is 6.38. The van der Waals surface area contributed by atoms with Crippen molar-refractivity contribution < 1.29 is 0 Å². The van der Waals surface area contributed by atoms with Gasteiger partial charge in [0.1, 0.15) is 0 Å². The van der Waals surface area contributed by atoms with Crippen molar-refractivity contribution in [3.8, 4) is 0 Å². The van der Waals surface area contributed by atoms with Crippen LogP contribution in [0, 0.1) is 6.92 Å². The molecule has 2 atom stereocenters. The van der Waals surface area contributed by atoms with Crippen LogP contribution in [0.1, 0.15) is 42.6 Å². The molecule has 0 aliphatic carbocycles. The summed E-state index contributed by atoms with van der Waals surface area (Å²) in [5, 5.41) is 7.83. The molecule has 0 spiro atoms. The van der Waals surface area contributed by atoms with Gasteiger partial charge in [0.2, 0.25) is 0 Å². The highest BCUT2D eigenvalue weighted by Gasteiger charge is 2.13. The Morgan fingerprint density at radius 1 is 1.17 bits per heavy atom. The summed E-state index contributed by atoms with van der Waals surface area (Å²) < 4.78 is 1.84. The van der Waals surface area contributed by atoms with Crippen LogP contribution in [0.15, 0.2) is 36.7 Å². The number of aromatic nitrogens is 2. The lowest BCUT2D eigenvalue weighted by atomic mass is 10.0. The van der Waals surface area contributed by atoms with E-state index in [9.17, 15) is 0 Å². The summed E-state index contributed by atoms with van der Waals surface area (Å²) in [4.78, 5) is 0. The van der Waals surface area contributed by atoms with Crippen LogP contribution in [-0.2, 0) is 7.05 Å². The van der Waals surface area contributed by atoms with Crippen LogP contribution in [0.5, 0.6) is 0 Å². The lowest BCUT2D eigenvalue weighted by Gasteiger charge is -2.21. The van der Waals surface area contributed by atoms with Crippen molar-refractivity contribution in [3.63, 3.8) is 0 Å². The van der Waals surface area contributed by atoms with Crippen molar-refractivity contribution in [1.82, 2.24) is 15.1 Å². The fourth-order valence-corrected chi connectivity index (χ4v) is 2.30. The third-order valence-electron chi connectivity index (χ3n) is 3.38. The quantitative estimate of drug-likeness (QED) is 0.894. The summed E-state index contributed by atoms with van der Waals surface area (Å²) in [7, 11) is 1.95. The first-order valence-electron chi connectivity index (χ1n) is 6.38. The molecule has 1 N–H and O–H groups in total. The van der Waals surface area contributed by atoms with Crippen LogP contribution < -0.4 is 5.32 Å². The smallest absolute Gasteiger partial charge is 0.0537 e. The van der Waals surface area contributed by atoms with Crippen molar-refractivity contribution in [3.05, 3.63) is 53.3 Å². The molecule has 0 bridgehead atoms. The van der Waals surface area contributed by atoms with Gasteiger partial charge in [0.25, 0.3) is 0 Å². The standard InChI is InChI=1S/C15H21N3/c1-11-7-5-6-8-15(11)13(3)17-12(2)14-9-16-18(4)10-14/h5-10,12-13,17H,1-4H3/t12?,13-/m1/s1. The molecule has 1 heterocycles. The Morgan fingerprint density at radius 3 is 2.50 bits per heavy atom. The van der Waals surface area contributed by atoms with Gasteiger partial charge in [0.05, 0.1) is 6.20 Å². The lowest BCUT2D eigenvalue weighted by molar-refractivity contribution is 0.493. The Bertz CT molecular complexity index is 516. The van der Waals surface area contributed by atoms with E-state index in [1.807, 2.05) is 17.9 Å². The SMILES string of the molecule is Cc1ccccc1[C@@H](C)NC(C)c1cnn(C)c1. The summed E-state index contributed by atoms with van der Waals surface area (Å²) in [5.74, 6) is 0. The first kappa shape index (κ1) is 12.8. The second-order valence-electron chi connectivity index (χ2n) is 4.91. The molecule has 0 radical (unpaired) electrons. The summed E-state index contributed by atoms with van der Waals surface area (Å²) >= 11 is 0. The number of aryl methyl sites for hydroxylation is 2. The van der Waals surface area contributed by atoms with Crippen LogP contribution in [0.4, 0.5) is 0 Å². The van der Waals surface area contributed by atoms with Gasteiger partial charge in [-0.1, -0.05) is 24.3 Å². The van der Waals surface area contributed by atoms with E-state index in [1.165, 1.54) is 16.7 Å². The minimum atomic E-state index is 0.299. The van der Waals surface area contributed by atoms with E-state index in [0.29, 0.717) is 12.1 Å². The van der Waals surface area contributed by atoms with Gasteiger partial charge in [0, 0.05) is 30.9 Å². The number of hydrogen-bond acceptors (Lipinski definition) is 2. The molecule has 96 valence electrons. The van der Waals surface area contributed by atoms with Crippen LogP contribution >= 0.6 is 0 Å². The molecule has 3 nitrogen and oxygen atoms in total. The molecule has 0 fully saturated rings. The lowest BCUT2D eigenvalue weighted by Crippen LogP contribution is -2.22. The second kappa shape index (κ2) is 5.36. The molecule has 0 saturated heterocycles. The van der Waals surface area contributed by atoms with E-state index in [1.54, 1.807) is 0 Å². The number of hydrogen-bond donors (Lipinski definition) is 1. The minimum absolute atomic E-state index is 0.299. The van der Waals surface area contributed by atoms with E-state index in [4.69, 9.17) is 0 Å². The molecule has 0 amide bonds. The summed E-state index contributed by atoms with van der Waals surface area (Å²) in [5.41, 5.74) is 3.90. The average Bonchev–Trinajstić information content (AvgIpc) is 2.76. The molecule has 2 rings (SSSR count). The van der Waals surface area contributed by atoms with Crippen LogP contribution in [0.2, 0.25) is 0 Å². The number of nitrogens with zero attached hydrogens (tertiary/aromatic N) is 2. The number of nitrogens with one attached hydrogen (secondary N) is 1. The third kappa shape index (κ3) is 2.79. The Kier molecular flexibility index (Phi) is 3.82. The normalized spacial score (nSPS) is 14.4. The Hall–Kier alpha value is -1.61. The zero-order valence-corrected chi connectivity index (χ0v) is 11.5. The number of rotatable bonds is 4. The van der Waals surface area contributed by atoms with Crippen molar-refractivity contribution in [1.29, 1.82) is 0 Å². The highest BCUT2D eigenvalue weighted by Crippen LogP contribution is 2.21. The fourth-order valence-electron chi connectivity index (χ4n) is 2.30. The zero-order chi connectivity index (χ0) is 13.1. The Labute approximate surface area is 109 Å². The maximum atomic E-state index is 4.21. The number of benzene rings is 1. The summed E-state index contributed by atoms with van der Waals surface area (Å²) in [6, 6.07) is 9.14. The fraction of sp³-hybridized carbons (Fsp3) is 0.400. The molecular formula is C15H21N3. The highest BCUT2D eigenvalue weighted by atomic mass is 15.2. The maximum Gasteiger partial charge on any atom is 0.0537 e. The highest BCUT2D eigenvalue weighted by molar-refractivity contribution is 5.28. The van der Waals surface area contributed by atoms with Crippen molar-refractivity contribution in [2.75, 3.05) is 0 Å². The molecule has 2 aromatic rings. The predicted molar refractivity (Wildman–Crippen MR) is 74.4 cm³/mol. The third-order valence-corrected chi connectivity index (χ3v) is 3.38. The molecule has 1 aromatic heterocycles. The minimum Gasteiger partial charge on any atom is -0.304 e. The van der Waals surface area contributed by atoms with Gasteiger partial charge in [-0.15, -0.1) is 0 Å². The molecule has 0 aliphatic heterocycles. The van der Waals surface area contributed by atoms with E-state index in [2.05, 4.69) is 61.6 Å². The largest absolute Gasteiger partial charge is 0.304 e. The summed E-state index contributed by atoms with van der Waals surface area (Å²) in [6.45, 7) is 6.53. The van der Waals surface area contributed by atoms with Crippen LogP contribution in [-0.4, -0.2) is 9.78 Å². The van der Waals surface area contributed by atoms with E-state index < -0.39 is 0 Å². The van der Waals surface area contributed by atoms with Gasteiger partial charge in [-0.2, -0.15) is 5.10 Å². The van der Waals surface area contributed by atoms with Gasteiger partial charge in [-0.3, -0.25) is 4.68 Å². The molecule has 1 aromatic carbocycles. The average molecular weight is 243 g/mol. The maximum absolute atomic E-state index is 4.21. The monoisotopic (exact) mass is 243 g/mol. The molecular weight excluding hydrogens is 222 g/mol. The van der Waals surface area contributed by atoms with E-state index in [-0.39, 0.29) is 0 Å². The van der Waals surface area contributed by atoms with E-state index >= 15 is 0 Å². The molecule has 3 heteroatoms. The first-order chi connectivity index (χ1) is 8.58. The molecule has 1 unspecified atom stereocenters. The van der Waals surface area contributed by atoms with Crippen molar-refractivity contribution in [2.24, 2.45) is 7.05 Å². The topological polar surface area (TPSA) is 29.9 Å². The van der Waals surface area contributed by atoms with Crippen LogP contribution in [0.3, 0.4) is 0 Å². The Balaban J connectivity index is 2.08. The van der Waals surface area contributed by atoms with Gasteiger partial charge in [0.15, 0.2) is 0 Å². The molecule has 0 aliphatic rings. The zero-order valence-electron chi connectivity index (χ0n) is 11.5. The van der Waals surface area contributed by atoms with Gasteiger partial charge >= 0.3 is 0 Å². The van der Waals surface area contributed by atoms with Crippen molar-refractivity contribution in [2.45, 2.75) is 32.9 Å².